The summed E-state index contributed by atoms with van der Waals surface area (Å²) in [5.74, 6) is 1.70. The van der Waals surface area contributed by atoms with Crippen LogP contribution in [-0.4, -0.2) is 12.0 Å². The molecule has 0 amide bonds. The van der Waals surface area contributed by atoms with Crippen LogP contribution < -0.4 is 14.8 Å². The molecule has 3 atom stereocenters. The number of allylic oxidation sites excluding steroid dienone is 2. The zero-order valence-corrected chi connectivity index (χ0v) is 20.5. The molecule has 7 heteroatoms. The first-order valence-electron chi connectivity index (χ1n) is 11.2. The Balaban J connectivity index is 1.49. The highest BCUT2D eigenvalue weighted by Gasteiger charge is 2.40. The van der Waals surface area contributed by atoms with E-state index in [-0.39, 0.29) is 28.5 Å². The number of hydrogen-bond donors (Lipinski definition) is 1. The van der Waals surface area contributed by atoms with Crippen molar-refractivity contribution in [3.05, 3.63) is 104 Å². The number of non-ortho nitro benzene ring substituents is 1. The highest BCUT2D eigenvalue weighted by atomic mass is 79.9. The lowest BCUT2D eigenvalue weighted by molar-refractivity contribution is -0.385. The van der Waals surface area contributed by atoms with E-state index in [9.17, 15) is 10.1 Å². The zero-order chi connectivity index (χ0) is 23.8. The molecule has 1 heterocycles. The van der Waals surface area contributed by atoms with Gasteiger partial charge in [-0.05, 0) is 69.6 Å². The van der Waals surface area contributed by atoms with Gasteiger partial charge in [-0.2, -0.15) is 0 Å². The van der Waals surface area contributed by atoms with Crippen molar-refractivity contribution in [1.29, 1.82) is 0 Å². The van der Waals surface area contributed by atoms with Gasteiger partial charge < -0.3 is 14.8 Å². The summed E-state index contributed by atoms with van der Waals surface area (Å²) in [6.45, 7) is 2.36. The number of anilines is 1. The van der Waals surface area contributed by atoms with Gasteiger partial charge in [0.05, 0.1) is 22.5 Å². The summed E-state index contributed by atoms with van der Waals surface area (Å²) < 4.78 is 12.7. The van der Waals surface area contributed by atoms with Crippen LogP contribution in [0, 0.1) is 23.0 Å². The van der Waals surface area contributed by atoms with Crippen molar-refractivity contribution in [1.82, 2.24) is 0 Å². The molecule has 1 aliphatic heterocycles. The van der Waals surface area contributed by atoms with Crippen LogP contribution >= 0.6 is 15.9 Å². The average Bonchev–Trinajstić information content (AvgIpc) is 3.33. The first-order chi connectivity index (χ1) is 16.5. The number of nitro benzene ring substituents is 1. The van der Waals surface area contributed by atoms with Crippen molar-refractivity contribution >= 4 is 27.3 Å². The Morgan fingerprint density at radius 3 is 2.71 bits per heavy atom. The normalized spacial score (nSPS) is 20.3. The Morgan fingerprint density at radius 2 is 1.97 bits per heavy atom. The van der Waals surface area contributed by atoms with Crippen LogP contribution in [0.15, 0.2) is 71.2 Å². The van der Waals surface area contributed by atoms with Gasteiger partial charge in [-0.3, -0.25) is 10.1 Å². The number of benzene rings is 3. The van der Waals surface area contributed by atoms with E-state index >= 15 is 0 Å². The molecule has 0 spiro atoms. The molecule has 0 unspecified atom stereocenters. The van der Waals surface area contributed by atoms with E-state index in [0.717, 1.165) is 38.8 Å². The van der Waals surface area contributed by atoms with Crippen molar-refractivity contribution in [2.75, 3.05) is 12.4 Å². The first kappa shape index (κ1) is 22.5. The highest BCUT2D eigenvalue weighted by Crippen LogP contribution is 2.52. The predicted molar refractivity (Wildman–Crippen MR) is 136 cm³/mol. The average molecular weight is 521 g/mol. The molecular weight excluding hydrogens is 496 g/mol. The Morgan fingerprint density at radius 1 is 1.18 bits per heavy atom. The summed E-state index contributed by atoms with van der Waals surface area (Å²) >= 11 is 3.70. The third-order valence-electron chi connectivity index (χ3n) is 6.70. The minimum absolute atomic E-state index is 0.0287. The van der Waals surface area contributed by atoms with E-state index in [0.29, 0.717) is 18.1 Å². The lowest BCUT2D eigenvalue weighted by Crippen LogP contribution is -2.29. The third-order valence-corrected chi connectivity index (χ3v) is 7.29. The summed E-state index contributed by atoms with van der Waals surface area (Å²) in [5, 5.41) is 15.1. The van der Waals surface area contributed by atoms with Gasteiger partial charge in [0.25, 0.3) is 5.69 Å². The number of hydrogen-bond acceptors (Lipinski definition) is 5. The Labute approximate surface area is 206 Å². The van der Waals surface area contributed by atoms with Crippen molar-refractivity contribution in [3.63, 3.8) is 0 Å². The third kappa shape index (κ3) is 4.05. The summed E-state index contributed by atoms with van der Waals surface area (Å²) in [7, 11) is 1.65. The van der Waals surface area contributed by atoms with Crippen LogP contribution in [0.4, 0.5) is 11.4 Å². The molecule has 6 nitrogen and oxygen atoms in total. The van der Waals surface area contributed by atoms with E-state index in [2.05, 4.69) is 39.5 Å². The van der Waals surface area contributed by atoms with Gasteiger partial charge in [0, 0.05) is 23.7 Å². The fourth-order valence-corrected chi connectivity index (χ4v) is 5.67. The van der Waals surface area contributed by atoms with Crippen LogP contribution in [0.3, 0.4) is 0 Å². The molecule has 1 N–H and O–H groups in total. The smallest absolute Gasteiger partial charge is 0.270 e. The van der Waals surface area contributed by atoms with Crippen LogP contribution in [0.1, 0.15) is 40.6 Å². The van der Waals surface area contributed by atoms with Gasteiger partial charge in [0.15, 0.2) is 11.5 Å². The SMILES string of the molecule is COc1cc([C@@H]2Nc3c(C)cc([N+](=O)[O-])cc3[C@H]3C=CC[C@H]32)cc(Br)c1OCc1ccccc1. The van der Waals surface area contributed by atoms with Crippen molar-refractivity contribution in [2.24, 2.45) is 5.92 Å². The molecule has 3 aromatic carbocycles. The molecule has 0 bridgehead atoms. The molecule has 0 fully saturated rings. The Kier molecular flexibility index (Phi) is 6.04. The molecule has 3 aromatic rings. The zero-order valence-electron chi connectivity index (χ0n) is 19.0. The fourth-order valence-electron chi connectivity index (χ4n) is 5.09. The molecule has 0 saturated heterocycles. The van der Waals surface area contributed by atoms with Gasteiger partial charge in [-0.15, -0.1) is 0 Å². The van der Waals surface area contributed by atoms with Gasteiger partial charge in [-0.1, -0.05) is 42.5 Å². The summed E-state index contributed by atoms with van der Waals surface area (Å²) in [4.78, 5) is 11.1. The fraction of sp³-hybridized carbons (Fsp3) is 0.259. The second kappa shape index (κ2) is 9.14. The monoisotopic (exact) mass is 520 g/mol. The summed E-state index contributed by atoms with van der Waals surface area (Å²) in [5.41, 5.74) is 5.15. The van der Waals surface area contributed by atoms with Crippen molar-refractivity contribution in [2.45, 2.75) is 31.9 Å². The first-order valence-corrected chi connectivity index (χ1v) is 12.0. The van der Waals surface area contributed by atoms with Crippen molar-refractivity contribution in [3.8, 4) is 11.5 Å². The number of methoxy groups -OCH3 is 1. The number of nitro groups is 1. The lowest BCUT2D eigenvalue weighted by Gasteiger charge is -2.38. The van der Waals surface area contributed by atoms with E-state index in [1.54, 1.807) is 19.2 Å². The predicted octanol–water partition coefficient (Wildman–Crippen LogP) is 7.08. The number of fused-ring (bicyclic) bond motifs is 3. The molecule has 34 heavy (non-hydrogen) atoms. The molecule has 1 aliphatic carbocycles. The van der Waals surface area contributed by atoms with Crippen LogP contribution in [0.25, 0.3) is 0 Å². The molecule has 5 rings (SSSR count). The quantitative estimate of drug-likeness (QED) is 0.213. The Hall–Kier alpha value is -3.32. The highest BCUT2D eigenvalue weighted by molar-refractivity contribution is 9.10. The topological polar surface area (TPSA) is 73.6 Å². The second-order valence-electron chi connectivity index (χ2n) is 8.77. The number of ether oxygens (including phenoxy) is 2. The van der Waals surface area contributed by atoms with Gasteiger partial charge >= 0.3 is 0 Å². The van der Waals surface area contributed by atoms with E-state index < -0.39 is 0 Å². The standard InChI is InChI=1S/C27H25BrN2O4/c1-16-11-19(30(31)32)14-22-20-9-6-10-21(20)26(29-25(16)22)18-12-23(28)27(24(13-18)33-2)34-15-17-7-4-3-5-8-17/h3-9,11-14,20-21,26,29H,10,15H2,1-2H3/t20-,21+,26-/m0/s1. The Bertz CT molecular complexity index is 1280. The minimum atomic E-state index is -0.316. The van der Waals surface area contributed by atoms with Gasteiger partial charge in [0.2, 0.25) is 0 Å². The molecular formula is C27H25BrN2O4. The van der Waals surface area contributed by atoms with Gasteiger partial charge in [0.1, 0.15) is 6.61 Å². The molecule has 2 aliphatic rings. The maximum Gasteiger partial charge on any atom is 0.270 e. The number of rotatable bonds is 6. The number of nitrogens with one attached hydrogen (secondary N) is 1. The largest absolute Gasteiger partial charge is 0.493 e. The molecule has 0 aromatic heterocycles. The minimum Gasteiger partial charge on any atom is -0.493 e. The number of halogens is 1. The molecule has 174 valence electrons. The summed E-state index contributed by atoms with van der Waals surface area (Å²) in [6.07, 6.45) is 5.26. The van der Waals surface area contributed by atoms with Crippen LogP contribution in [-0.2, 0) is 6.61 Å². The second-order valence-corrected chi connectivity index (χ2v) is 9.62. The van der Waals surface area contributed by atoms with E-state index in [1.807, 2.05) is 43.3 Å². The van der Waals surface area contributed by atoms with E-state index in [4.69, 9.17) is 9.47 Å². The summed E-state index contributed by atoms with van der Waals surface area (Å²) in [6, 6.07) is 17.5. The number of nitrogens with zero attached hydrogens (tertiary/aromatic N) is 1. The maximum atomic E-state index is 11.4. The molecule has 0 saturated carbocycles. The lowest BCUT2D eigenvalue weighted by atomic mass is 9.76. The maximum absolute atomic E-state index is 11.4. The van der Waals surface area contributed by atoms with Crippen LogP contribution in [0.2, 0.25) is 0 Å². The van der Waals surface area contributed by atoms with Gasteiger partial charge in [-0.25, -0.2) is 0 Å². The van der Waals surface area contributed by atoms with Crippen molar-refractivity contribution < 1.29 is 14.4 Å². The van der Waals surface area contributed by atoms with Crippen LogP contribution in [0.5, 0.6) is 11.5 Å². The number of aryl methyl sites for hydroxylation is 1. The molecule has 0 radical (unpaired) electrons. The van der Waals surface area contributed by atoms with E-state index in [1.165, 1.54) is 0 Å².